The quantitative estimate of drug-likeness (QED) is 0.707. The summed E-state index contributed by atoms with van der Waals surface area (Å²) in [6.45, 7) is 6.95. The van der Waals surface area contributed by atoms with Crippen molar-refractivity contribution in [3.05, 3.63) is 39.6 Å². The van der Waals surface area contributed by atoms with Gasteiger partial charge in [0.05, 0.1) is 22.1 Å². The van der Waals surface area contributed by atoms with Gasteiger partial charge in [-0.15, -0.1) is 0 Å². The van der Waals surface area contributed by atoms with Crippen LogP contribution in [0.3, 0.4) is 0 Å². The highest BCUT2D eigenvalue weighted by molar-refractivity contribution is 6.36. The van der Waals surface area contributed by atoms with Gasteiger partial charge in [0.15, 0.2) is 0 Å². The first-order chi connectivity index (χ1) is 13.5. The molecule has 1 amide bonds. The summed E-state index contributed by atoms with van der Waals surface area (Å²) in [5, 5.41) is 7.20. The lowest BCUT2D eigenvalue weighted by atomic mass is 10.1. The Bertz CT molecular complexity index is 876. The summed E-state index contributed by atoms with van der Waals surface area (Å²) in [5.41, 5.74) is 3.11. The smallest absolute Gasteiger partial charge is 0.245 e. The fourth-order valence-corrected chi connectivity index (χ4v) is 3.78. The molecule has 1 aromatic heterocycles. The van der Waals surface area contributed by atoms with Crippen LogP contribution in [0.5, 0.6) is 0 Å². The number of nitrogens with zero attached hydrogens (tertiary/aromatic N) is 2. The lowest BCUT2D eigenvalue weighted by Crippen LogP contribution is -2.38. The zero-order chi connectivity index (χ0) is 20.3. The molecule has 2 heterocycles. The van der Waals surface area contributed by atoms with Crippen molar-refractivity contribution in [2.45, 2.75) is 45.8 Å². The van der Waals surface area contributed by atoms with Crippen LogP contribution in [-0.4, -0.2) is 41.2 Å². The van der Waals surface area contributed by atoms with E-state index >= 15 is 0 Å². The number of nitrogens with one attached hydrogen (secondary N) is 2. The number of rotatable bonds is 7. The number of amides is 1. The van der Waals surface area contributed by atoms with Gasteiger partial charge in [0.2, 0.25) is 5.91 Å². The van der Waals surface area contributed by atoms with Gasteiger partial charge in [-0.3, -0.25) is 4.79 Å². The van der Waals surface area contributed by atoms with E-state index in [4.69, 9.17) is 37.9 Å². The van der Waals surface area contributed by atoms with E-state index < -0.39 is 6.04 Å². The molecule has 0 saturated carbocycles. The van der Waals surface area contributed by atoms with Crippen LogP contribution in [0.1, 0.15) is 32.2 Å². The minimum atomic E-state index is -0.491. The van der Waals surface area contributed by atoms with E-state index in [9.17, 15) is 4.79 Å². The first-order valence-corrected chi connectivity index (χ1v) is 10.2. The van der Waals surface area contributed by atoms with Crippen molar-refractivity contribution in [2.75, 3.05) is 18.5 Å². The number of aryl methyl sites for hydroxylation is 2. The van der Waals surface area contributed by atoms with Gasteiger partial charge in [-0.05, 0) is 38.0 Å². The first-order valence-electron chi connectivity index (χ1n) is 9.49. The summed E-state index contributed by atoms with van der Waals surface area (Å²) in [4.78, 5) is 21.9. The molecule has 0 aliphatic carbocycles. The maximum absolute atomic E-state index is 12.3. The molecule has 0 bridgehead atoms. The molecule has 1 aliphatic rings. The third kappa shape index (κ3) is 4.24. The fourth-order valence-electron chi connectivity index (χ4n) is 3.28. The largest absolute Gasteiger partial charge is 0.374 e. The van der Waals surface area contributed by atoms with Crippen LogP contribution < -0.4 is 10.6 Å². The number of halogens is 2. The van der Waals surface area contributed by atoms with E-state index in [0.717, 1.165) is 22.6 Å². The molecule has 3 rings (SSSR count). The maximum Gasteiger partial charge on any atom is 0.245 e. The summed E-state index contributed by atoms with van der Waals surface area (Å²) < 4.78 is 5.68. The highest BCUT2D eigenvalue weighted by atomic mass is 35.5. The molecule has 1 saturated heterocycles. The summed E-state index contributed by atoms with van der Waals surface area (Å²) >= 11 is 12.4. The Morgan fingerprint density at radius 1 is 1.18 bits per heavy atom. The lowest BCUT2D eigenvalue weighted by molar-refractivity contribution is -0.120. The Hall–Kier alpha value is -1.89. The van der Waals surface area contributed by atoms with Crippen LogP contribution >= 0.6 is 23.2 Å². The second kappa shape index (κ2) is 9.07. The third-order valence-corrected chi connectivity index (χ3v) is 5.25. The average Bonchev–Trinajstić information content (AvgIpc) is 3.02. The number of aromatic nitrogens is 2. The Morgan fingerprint density at radius 2 is 1.93 bits per heavy atom. The first kappa shape index (κ1) is 20.8. The number of carbonyl (C=O) groups is 1. The van der Waals surface area contributed by atoms with Crippen LogP contribution in [-0.2, 0) is 22.4 Å². The average molecular weight is 423 g/mol. The third-order valence-electron chi connectivity index (χ3n) is 4.70. The molecule has 0 radical (unpaired) electrons. The molecule has 0 spiro atoms. The predicted octanol–water partition coefficient (Wildman–Crippen LogP) is 3.89. The van der Waals surface area contributed by atoms with Crippen molar-refractivity contribution < 1.29 is 9.53 Å². The van der Waals surface area contributed by atoms with E-state index in [0.29, 0.717) is 41.9 Å². The Kier molecular flexibility index (Phi) is 6.75. The summed E-state index contributed by atoms with van der Waals surface area (Å²) in [6, 6.07) is 4.86. The van der Waals surface area contributed by atoms with Crippen molar-refractivity contribution in [3.8, 4) is 11.3 Å². The Morgan fingerprint density at radius 3 is 2.57 bits per heavy atom. The Balaban J connectivity index is 2.00. The van der Waals surface area contributed by atoms with Crippen LogP contribution in [0.4, 0.5) is 5.82 Å². The molecule has 6 nitrogen and oxygen atoms in total. The number of benzene rings is 1. The predicted molar refractivity (Wildman–Crippen MR) is 112 cm³/mol. The van der Waals surface area contributed by atoms with Crippen LogP contribution in [0.25, 0.3) is 11.3 Å². The SMILES string of the molecule is CCO[C@H]1CNC(=O)[C@H]1Nc1nc(CC)c(-c2ccc(Cl)cc2Cl)nc1CC. The minimum Gasteiger partial charge on any atom is -0.374 e. The van der Waals surface area contributed by atoms with Crippen molar-refractivity contribution in [3.63, 3.8) is 0 Å². The van der Waals surface area contributed by atoms with Gasteiger partial charge >= 0.3 is 0 Å². The number of hydrogen-bond acceptors (Lipinski definition) is 5. The molecule has 0 unspecified atom stereocenters. The second-order valence-corrected chi connectivity index (χ2v) is 7.35. The molecule has 28 heavy (non-hydrogen) atoms. The van der Waals surface area contributed by atoms with Crippen molar-refractivity contribution in [1.29, 1.82) is 0 Å². The number of anilines is 1. The zero-order valence-corrected chi connectivity index (χ0v) is 17.7. The topological polar surface area (TPSA) is 76.1 Å². The van der Waals surface area contributed by atoms with Gasteiger partial charge in [0.1, 0.15) is 18.0 Å². The van der Waals surface area contributed by atoms with Gasteiger partial charge < -0.3 is 15.4 Å². The van der Waals surface area contributed by atoms with Crippen LogP contribution in [0.15, 0.2) is 18.2 Å². The number of carbonyl (C=O) groups excluding carboxylic acids is 1. The fraction of sp³-hybridized carbons (Fsp3) is 0.450. The van der Waals surface area contributed by atoms with E-state index in [2.05, 4.69) is 10.6 Å². The second-order valence-electron chi connectivity index (χ2n) is 6.51. The van der Waals surface area contributed by atoms with Gasteiger partial charge in [-0.1, -0.05) is 37.0 Å². The molecule has 8 heteroatoms. The summed E-state index contributed by atoms with van der Waals surface area (Å²) in [6.07, 6.45) is 1.09. The molecule has 1 aliphatic heterocycles. The number of ether oxygens (including phenoxy) is 1. The normalized spacial score (nSPS) is 19.0. The maximum atomic E-state index is 12.3. The summed E-state index contributed by atoms with van der Waals surface area (Å²) in [7, 11) is 0. The molecular weight excluding hydrogens is 399 g/mol. The molecule has 2 atom stereocenters. The lowest BCUT2D eigenvalue weighted by Gasteiger charge is -2.21. The summed E-state index contributed by atoms with van der Waals surface area (Å²) in [5.74, 6) is 0.519. The van der Waals surface area contributed by atoms with Crippen LogP contribution in [0, 0.1) is 0 Å². The van der Waals surface area contributed by atoms with E-state index in [1.54, 1.807) is 12.1 Å². The van der Waals surface area contributed by atoms with Gasteiger partial charge in [0, 0.05) is 23.7 Å². The molecule has 2 N–H and O–H groups in total. The highest BCUT2D eigenvalue weighted by Crippen LogP contribution is 2.32. The monoisotopic (exact) mass is 422 g/mol. The van der Waals surface area contributed by atoms with E-state index in [1.165, 1.54) is 0 Å². The number of hydrogen-bond donors (Lipinski definition) is 2. The molecular formula is C20H24Cl2N4O2. The highest BCUT2D eigenvalue weighted by Gasteiger charge is 2.36. The molecule has 1 aromatic carbocycles. The Labute approximate surface area is 175 Å². The zero-order valence-electron chi connectivity index (χ0n) is 16.2. The molecule has 1 fully saturated rings. The molecule has 150 valence electrons. The minimum absolute atomic E-state index is 0.0924. The molecule has 2 aromatic rings. The van der Waals surface area contributed by atoms with E-state index in [-0.39, 0.29) is 12.0 Å². The van der Waals surface area contributed by atoms with E-state index in [1.807, 2.05) is 26.8 Å². The van der Waals surface area contributed by atoms with Gasteiger partial charge in [-0.2, -0.15) is 0 Å². The standard InChI is InChI=1S/C20H24Cl2N4O2/c1-4-14-17(12-8-7-11(21)9-13(12)22)24-15(5-2)19(25-14)26-18-16(28-6-3)10-23-20(18)27/h7-9,16,18H,4-6,10H2,1-3H3,(H,23,27)(H,25,26)/t16-,18-/m0/s1. The van der Waals surface area contributed by atoms with Gasteiger partial charge in [0.25, 0.3) is 0 Å². The van der Waals surface area contributed by atoms with Crippen molar-refractivity contribution in [2.24, 2.45) is 0 Å². The van der Waals surface area contributed by atoms with Crippen molar-refractivity contribution >= 4 is 34.9 Å². The van der Waals surface area contributed by atoms with Crippen molar-refractivity contribution in [1.82, 2.24) is 15.3 Å². The van der Waals surface area contributed by atoms with Gasteiger partial charge in [-0.25, -0.2) is 9.97 Å². The van der Waals surface area contributed by atoms with Crippen LogP contribution in [0.2, 0.25) is 10.0 Å².